The minimum atomic E-state index is -0.266. The number of thiazole rings is 1. The van der Waals surface area contributed by atoms with Gasteiger partial charge in [-0.3, -0.25) is 9.59 Å². The van der Waals surface area contributed by atoms with Crippen LogP contribution in [0, 0.1) is 26.7 Å². The zero-order chi connectivity index (χ0) is 18.1. The predicted octanol–water partition coefficient (Wildman–Crippen LogP) is 3.07. The Morgan fingerprint density at radius 1 is 1.20 bits per heavy atom. The first-order valence-electron chi connectivity index (χ1n) is 8.50. The molecule has 0 aliphatic carbocycles. The van der Waals surface area contributed by atoms with E-state index < -0.39 is 0 Å². The summed E-state index contributed by atoms with van der Waals surface area (Å²) >= 11 is 1.45. The monoisotopic (exact) mass is 357 g/mol. The summed E-state index contributed by atoms with van der Waals surface area (Å²) in [5.74, 6) is -0.371. The molecular weight excluding hydrogens is 334 g/mol. The van der Waals surface area contributed by atoms with Crippen molar-refractivity contribution in [1.82, 2.24) is 9.88 Å². The Bertz CT molecular complexity index is 820. The number of benzene rings is 1. The number of aryl methyl sites for hydroxylation is 3. The van der Waals surface area contributed by atoms with Gasteiger partial charge in [-0.2, -0.15) is 0 Å². The molecule has 5 nitrogen and oxygen atoms in total. The van der Waals surface area contributed by atoms with Gasteiger partial charge in [-0.25, -0.2) is 4.98 Å². The van der Waals surface area contributed by atoms with Crippen molar-refractivity contribution in [2.24, 2.45) is 11.7 Å². The van der Waals surface area contributed by atoms with Gasteiger partial charge in [-0.05, 0) is 39.2 Å². The lowest BCUT2D eigenvalue weighted by molar-refractivity contribution is -0.123. The van der Waals surface area contributed by atoms with E-state index in [0.717, 1.165) is 21.8 Å². The third kappa shape index (κ3) is 3.58. The molecule has 2 heterocycles. The van der Waals surface area contributed by atoms with E-state index in [1.54, 1.807) is 0 Å². The summed E-state index contributed by atoms with van der Waals surface area (Å²) < 4.78 is 0. The fourth-order valence-electron chi connectivity index (χ4n) is 3.27. The Labute approximate surface area is 151 Å². The van der Waals surface area contributed by atoms with Crippen LogP contribution in [-0.2, 0) is 4.79 Å². The maximum absolute atomic E-state index is 12.9. The zero-order valence-corrected chi connectivity index (χ0v) is 15.7. The van der Waals surface area contributed by atoms with E-state index in [1.807, 2.05) is 11.8 Å². The van der Waals surface area contributed by atoms with Crippen LogP contribution < -0.4 is 5.73 Å². The second-order valence-corrected chi connectivity index (χ2v) is 7.72. The molecule has 0 spiro atoms. The zero-order valence-electron chi connectivity index (χ0n) is 14.8. The van der Waals surface area contributed by atoms with E-state index >= 15 is 0 Å². The van der Waals surface area contributed by atoms with Crippen molar-refractivity contribution in [2.75, 3.05) is 13.1 Å². The van der Waals surface area contributed by atoms with Crippen LogP contribution in [0.5, 0.6) is 0 Å². The summed E-state index contributed by atoms with van der Waals surface area (Å²) in [4.78, 5) is 31.3. The van der Waals surface area contributed by atoms with Crippen LogP contribution in [0.3, 0.4) is 0 Å². The predicted molar refractivity (Wildman–Crippen MR) is 99.6 cm³/mol. The second kappa shape index (κ2) is 6.96. The Kier molecular flexibility index (Phi) is 4.90. The highest BCUT2D eigenvalue weighted by Crippen LogP contribution is 2.32. The van der Waals surface area contributed by atoms with Crippen molar-refractivity contribution in [3.05, 3.63) is 39.9 Å². The highest BCUT2D eigenvalue weighted by molar-refractivity contribution is 7.17. The van der Waals surface area contributed by atoms with Gasteiger partial charge in [0.1, 0.15) is 9.88 Å². The van der Waals surface area contributed by atoms with Crippen molar-refractivity contribution in [3.63, 3.8) is 0 Å². The van der Waals surface area contributed by atoms with Gasteiger partial charge in [-0.15, -0.1) is 11.3 Å². The molecule has 1 fully saturated rings. The number of hydrogen-bond acceptors (Lipinski definition) is 4. The highest BCUT2D eigenvalue weighted by atomic mass is 32.1. The number of nitrogens with zero attached hydrogens (tertiary/aromatic N) is 2. The molecule has 0 unspecified atom stereocenters. The quantitative estimate of drug-likeness (QED) is 0.917. The molecule has 1 aliphatic rings. The SMILES string of the molecule is Cc1ccc(-c2nc(C)c(C(=O)N3CCC(C(N)=O)CC3)s2)c(C)c1. The molecule has 25 heavy (non-hydrogen) atoms. The molecule has 1 saturated heterocycles. The Hall–Kier alpha value is -2.21. The van der Waals surface area contributed by atoms with Crippen LogP contribution in [0.15, 0.2) is 18.2 Å². The number of rotatable bonds is 3. The summed E-state index contributed by atoms with van der Waals surface area (Å²) in [5.41, 5.74) is 9.58. The number of hydrogen-bond donors (Lipinski definition) is 1. The number of carbonyl (C=O) groups is 2. The molecule has 0 atom stereocenters. The van der Waals surface area contributed by atoms with Gasteiger partial charge in [0.25, 0.3) is 5.91 Å². The normalized spacial score (nSPS) is 15.4. The van der Waals surface area contributed by atoms with Gasteiger partial charge < -0.3 is 10.6 Å². The molecular formula is C19H23N3O2S. The van der Waals surface area contributed by atoms with Crippen molar-refractivity contribution in [1.29, 1.82) is 0 Å². The number of aromatic nitrogens is 1. The van der Waals surface area contributed by atoms with Gasteiger partial charge >= 0.3 is 0 Å². The summed E-state index contributed by atoms with van der Waals surface area (Å²) in [6.07, 6.45) is 1.28. The smallest absolute Gasteiger partial charge is 0.265 e. The van der Waals surface area contributed by atoms with Crippen LogP contribution in [-0.4, -0.2) is 34.8 Å². The minimum absolute atomic E-state index is 0.00827. The Morgan fingerprint density at radius 2 is 1.88 bits per heavy atom. The van der Waals surface area contributed by atoms with Gasteiger partial charge in [0.15, 0.2) is 0 Å². The van der Waals surface area contributed by atoms with Crippen molar-refractivity contribution in [3.8, 4) is 10.6 Å². The molecule has 3 rings (SSSR count). The van der Waals surface area contributed by atoms with Crippen molar-refractivity contribution in [2.45, 2.75) is 33.6 Å². The number of likely N-dealkylation sites (tertiary alicyclic amines) is 1. The summed E-state index contributed by atoms with van der Waals surface area (Å²) in [5, 5.41) is 0.880. The van der Waals surface area contributed by atoms with Crippen LogP contribution in [0.25, 0.3) is 10.6 Å². The molecule has 1 aromatic carbocycles. The van der Waals surface area contributed by atoms with E-state index in [1.165, 1.54) is 16.9 Å². The second-order valence-electron chi connectivity index (χ2n) is 6.72. The van der Waals surface area contributed by atoms with Crippen LogP contribution in [0.2, 0.25) is 0 Å². The standard InChI is InChI=1S/C19H23N3O2S/c1-11-4-5-15(12(2)10-11)18-21-13(3)16(25-18)19(24)22-8-6-14(7-9-22)17(20)23/h4-5,10,14H,6-9H2,1-3H3,(H2,20,23). The Balaban J connectivity index is 1.81. The first-order valence-corrected chi connectivity index (χ1v) is 9.32. The van der Waals surface area contributed by atoms with Gasteiger partial charge in [0, 0.05) is 24.6 Å². The number of primary amides is 1. The molecule has 2 amide bonds. The molecule has 2 N–H and O–H groups in total. The third-order valence-corrected chi connectivity index (χ3v) is 5.97. The van der Waals surface area contributed by atoms with Gasteiger partial charge in [0.05, 0.1) is 5.69 Å². The molecule has 1 aliphatic heterocycles. The maximum Gasteiger partial charge on any atom is 0.265 e. The first-order chi connectivity index (χ1) is 11.9. The topological polar surface area (TPSA) is 76.3 Å². The van der Waals surface area contributed by atoms with E-state index in [4.69, 9.17) is 5.73 Å². The average Bonchev–Trinajstić information content (AvgIpc) is 2.95. The summed E-state index contributed by atoms with van der Waals surface area (Å²) in [6.45, 7) is 7.15. The molecule has 6 heteroatoms. The summed E-state index contributed by atoms with van der Waals surface area (Å²) in [6, 6.07) is 6.26. The number of amides is 2. The van der Waals surface area contributed by atoms with Crippen molar-refractivity contribution < 1.29 is 9.59 Å². The van der Waals surface area contributed by atoms with Crippen molar-refractivity contribution >= 4 is 23.2 Å². The lowest BCUT2D eigenvalue weighted by Crippen LogP contribution is -2.41. The molecule has 1 aromatic heterocycles. The molecule has 0 bridgehead atoms. The van der Waals surface area contributed by atoms with Gasteiger partial charge in [0.2, 0.25) is 5.91 Å². The average molecular weight is 357 g/mol. The number of nitrogens with two attached hydrogens (primary N) is 1. The lowest BCUT2D eigenvalue weighted by atomic mass is 9.96. The van der Waals surface area contributed by atoms with Crippen LogP contribution >= 0.6 is 11.3 Å². The Morgan fingerprint density at radius 3 is 2.48 bits per heavy atom. The number of piperidine rings is 1. The first kappa shape index (κ1) is 17.6. The summed E-state index contributed by atoms with van der Waals surface area (Å²) in [7, 11) is 0. The van der Waals surface area contributed by atoms with Crippen LogP contribution in [0.4, 0.5) is 0 Å². The fourth-order valence-corrected chi connectivity index (χ4v) is 4.40. The van der Waals surface area contributed by atoms with E-state index in [-0.39, 0.29) is 17.7 Å². The van der Waals surface area contributed by atoms with E-state index in [9.17, 15) is 9.59 Å². The molecule has 2 aromatic rings. The van der Waals surface area contributed by atoms with E-state index in [2.05, 4.69) is 37.0 Å². The molecule has 132 valence electrons. The number of carbonyl (C=O) groups excluding carboxylic acids is 2. The third-order valence-electron chi connectivity index (χ3n) is 4.79. The minimum Gasteiger partial charge on any atom is -0.369 e. The largest absolute Gasteiger partial charge is 0.369 e. The van der Waals surface area contributed by atoms with E-state index in [0.29, 0.717) is 30.8 Å². The highest BCUT2D eigenvalue weighted by Gasteiger charge is 2.28. The maximum atomic E-state index is 12.9. The molecule has 0 saturated carbocycles. The lowest BCUT2D eigenvalue weighted by Gasteiger charge is -2.30. The fraction of sp³-hybridized carbons (Fsp3) is 0.421. The molecule has 0 radical (unpaired) electrons. The van der Waals surface area contributed by atoms with Crippen LogP contribution in [0.1, 0.15) is 39.3 Å². The van der Waals surface area contributed by atoms with Gasteiger partial charge in [-0.1, -0.05) is 23.8 Å².